The van der Waals surface area contributed by atoms with Crippen LogP contribution in [0.4, 0.5) is 0 Å². The van der Waals surface area contributed by atoms with Gasteiger partial charge in [-0.05, 0) is 62.0 Å². The zero-order valence-corrected chi connectivity index (χ0v) is 25.0. The zero-order chi connectivity index (χ0) is 28.3. The summed E-state index contributed by atoms with van der Waals surface area (Å²) >= 11 is 0. The molecule has 0 saturated heterocycles. The molecule has 2 N–H and O–H groups in total. The van der Waals surface area contributed by atoms with Crippen LogP contribution < -0.4 is 0 Å². The van der Waals surface area contributed by atoms with E-state index in [1.807, 2.05) is 18.2 Å². The van der Waals surface area contributed by atoms with E-state index in [2.05, 4.69) is 89.2 Å². The molecule has 0 saturated carbocycles. The van der Waals surface area contributed by atoms with Crippen LogP contribution in [-0.4, -0.2) is 23.3 Å². The van der Waals surface area contributed by atoms with E-state index >= 15 is 0 Å². The Bertz CT molecular complexity index is 1000. The Morgan fingerprint density at radius 1 is 0.694 bits per heavy atom. The summed E-state index contributed by atoms with van der Waals surface area (Å²) in [6, 6.07) is 9.95. The highest BCUT2D eigenvalue weighted by Gasteiger charge is 2.26. The highest BCUT2D eigenvalue weighted by atomic mass is 16.5. The van der Waals surface area contributed by atoms with Crippen LogP contribution in [0.1, 0.15) is 117 Å². The predicted octanol–water partition coefficient (Wildman–Crippen LogP) is 8.08. The van der Waals surface area contributed by atoms with E-state index in [-0.39, 0.29) is 27.6 Å². The Hall–Kier alpha value is -2.49. The molecule has 0 heterocycles. The van der Waals surface area contributed by atoms with Gasteiger partial charge < -0.3 is 14.9 Å². The van der Waals surface area contributed by atoms with Gasteiger partial charge in [-0.25, -0.2) is 0 Å². The van der Waals surface area contributed by atoms with Crippen LogP contribution in [0.5, 0.6) is 11.5 Å². The van der Waals surface area contributed by atoms with E-state index in [1.165, 1.54) is 12.7 Å². The van der Waals surface area contributed by atoms with Crippen LogP contribution >= 0.6 is 0 Å². The summed E-state index contributed by atoms with van der Waals surface area (Å²) in [6.45, 7) is 25.4. The van der Waals surface area contributed by atoms with Crippen molar-refractivity contribution in [3.05, 3.63) is 58.1 Å². The number of methoxy groups -OCH3 is 1. The first-order valence-corrected chi connectivity index (χ1v) is 12.9. The van der Waals surface area contributed by atoms with E-state index in [9.17, 15) is 15.0 Å². The number of aromatic hydroxyl groups is 2. The Labute approximate surface area is 220 Å². The van der Waals surface area contributed by atoms with Crippen molar-refractivity contribution < 1.29 is 19.7 Å². The van der Waals surface area contributed by atoms with E-state index in [4.69, 9.17) is 4.74 Å². The lowest BCUT2D eigenvalue weighted by molar-refractivity contribution is -0.140. The van der Waals surface area contributed by atoms with Crippen LogP contribution in [0.25, 0.3) is 0 Å². The number of phenols is 2. The first-order chi connectivity index (χ1) is 16.1. The fourth-order valence-corrected chi connectivity index (χ4v) is 3.93. The first kappa shape index (κ1) is 31.5. The SMILES string of the molecule is CC(C)(C)c1ccc(O)c(C(C)(C)C)c1.COC(=O)CCc1cc(C(C)(C)C)c(O)c(C(C)(C)C)c1. The molecule has 0 fully saturated rings. The molecule has 4 heteroatoms. The average Bonchev–Trinajstić information content (AvgIpc) is 2.70. The number of hydrogen-bond donors (Lipinski definition) is 2. The smallest absolute Gasteiger partial charge is 0.305 e. The minimum Gasteiger partial charge on any atom is -0.508 e. The standard InChI is InChI=1S/C18H28O3.C14H22O/c1-17(2,3)13-10-12(8-9-15(19)21-7)11-14(16(13)20)18(4,5)6;1-13(2,3)10-7-8-12(15)11(9-10)14(4,5)6/h10-11,20H,8-9H2,1-7H3;7-9,15H,1-6H3. The number of hydrogen-bond acceptors (Lipinski definition) is 4. The molecule has 0 aliphatic carbocycles. The summed E-state index contributed by atoms with van der Waals surface area (Å²) in [5, 5.41) is 20.5. The van der Waals surface area contributed by atoms with Gasteiger partial charge in [0.15, 0.2) is 0 Å². The molecule has 0 amide bonds. The second-order valence-electron chi connectivity index (χ2n) is 13.8. The van der Waals surface area contributed by atoms with Gasteiger partial charge >= 0.3 is 5.97 Å². The number of benzene rings is 2. The highest BCUT2D eigenvalue weighted by Crippen LogP contribution is 2.40. The fourth-order valence-electron chi connectivity index (χ4n) is 3.93. The Kier molecular flexibility index (Phi) is 9.88. The molecule has 0 bridgehead atoms. The predicted molar refractivity (Wildman–Crippen MR) is 151 cm³/mol. The lowest BCUT2D eigenvalue weighted by atomic mass is 9.78. The number of carbonyl (C=O) groups is 1. The lowest BCUT2D eigenvalue weighted by Gasteiger charge is -2.28. The molecule has 36 heavy (non-hydrogen) atoms. The molecule has 0 aromatic heterocycles. The number of ether oxygens (including phenoxy) is 1. The maximum Gasteiger partial charge on any atom is 0.305 e. The monoisotopic (exact) mass is 498 g/mol. The molecule has 202 valence electrons. The van der Waals surface area contributed by atoms with Crippen molar-refractivity contribution in [1.82, 2.24) is 0 Å². The molecule has 0 unspecified atom stereocenters. The molecule has 0 aliphatic heterocycles. The summed E-state index contributed by atoms with van der Waals surface area (Å²) in [4.78, 5) is 11.3. The number of esters is 1. The van der Waals surface area contributed by atoms with Gasteiger partial charge in [0.1, 0.15) is 11.5 Å². The summed E-state index contributed by atoms with van der Waals surface area (Å²) in [5.41, 5.74) is 5.04. The molecule has 2 aromatic carbocycles. The molecule has 0 atom stereocenters. The molecule has 2 aromatic rings. The van der Waals surface area contributed by atoms with Gasteiger partial charge in [-0.15, -0.1) is 0 Å². The van der Waals surface area contributed by atoms with E-state index in [1.54, 1.807) is 6.07 Å². The van der Waals surface area contributed by atoms with Crippen molar-refractivity contribution in [2.24, 2.45) is 0 Å². The van der Waals surface area contributed by atoms with Gasteiger partial charge in [0.05, 0.1) is 7.11 Å². The van der Waals surface area contributed by atoms with Crippen molar-refractivity contribution in [2.45, 2.75) is 118 Å². The quantitative estimate of drug-likeness (QED) is 0.420. The minimum atomic E-state index is -0.210. The van der Waals surface area contributed by atoms with Crippen molar-refractivity contribution in [3.8, 4) is 11.5 Å². The van der Waals surface area contributed by atoms with Crippen molar-refractivity contribution in [1.29, 1.82) is 0 Å². The number of phenolic OH excluding ortho intramolecular Hbond substituents is 2. The maximum absolute atomic E-state index is 11.3. The first-order valence-electron chi connectivity index (χ1n) is 12.9. The van der Waals surface area contributed by atoms with Gasteiger partial charge in [-0.3, -0.25) is 4.79 Å². The summed E-state index contributed by atoms with van der Waals surface area (Å²) in [5.74, 6) is 0.560. The van der Waals surface area contributed by atoms with Crippen LogP contribution in [0.15, 0.2) is 30.3 Å². The molecule has 0 aliphatic rings. The number of aryl methyl sites for hydroxylation is 1. The molecule has 0 radical (unpaired) electrons. The zero-order valence-electron chi connectivity index (χ0n) is 25.0. The van der Waals surface area contributed by atoms with Crippen molar-refractivity contribution in [2.75, 3.05) is 7.11 Å². The van der Waals surface area contributed by atoms with Gasteiger partial charge in [-0.2, -0.15) is 0 Å². The van der Waals surface area contributed by atoms with Crippen molar-refractivity contribution in [3.63, 3.8) is 0 Å². The van der Waals surface area contributed by atoms with Crippen LogP contribution in [0.3, 0.4) is 0 Å². The Morgan fingerprint density at radius 3 is 1.50 bits per heavy atom. The van der Waals surface area contributed by atoms with Crippen molar-refractivity contribution >= 4 is 5.97 Å². The molecule has 4 nitrogen and oxygen atoms in total. The van der Waals surface area contributed by atoms with Gasteiger partial charge in [-0.1, -0.05) is 107 Å². The average molecular weight is 499 g/mol. The minimum absolute atomic E-state index is 0.00859. The van der Waals surface area contributed by atoms with Crippen LogP contribution in [0, 0.1) is 0 Å². The molecule has 2 rings (SSSR count). The third-order valence-corrected chi connectivity index (χ3v) is 6.30. The second kappa shape index (κ2) is 11.3. The van der Waals surface area contributed by atoms with Crippen LogP contribution in [0.2, 0.25) is 0 Å². The van der Waals surface area contributed by atoms with Gasteiger partial charge in [0.25, 0.3) is 0 Å². The number of rotatable bonds is 3. The molecule has 0 spiro atoms. The molecular formula is C32H50O4. The third-order valence-electron chi connectivity index (χ3n) is 6.30. The Balaban J connectivity index is 0.000000381. The summed E-state index contributed by atoms with van der Waals surface area (Å²) in [7, 11) is 1.40. The second-order valence-corrected chi connectivity index (χ2v) is 13.8. The van der Waals surface area contributed by atoms with Gasteiger partial charge in [0, 0.05) is 6.42 Å². The van der Waals surface area contributed by atoms with E-state index in [0.717, 1.165) is 22.3 Å². The maximum atomic E-state index is 11.3. The highest BCUT2D eigenvalue weighted by molar-refractivity contribution is 5.69. The summed E-state index contributed by atoms with van der Waals surface area (Å²) < 4.78 is 4.70. The normalized spacial score (nSPS) is 12.6. The van der Waals surface area contributed by atoms with E-state index in [0.29, 0.717) is 24.3 Å². The Morgan fingerprint density at radius 2 is 1.14 bits per heavy atom. The third kappa shape index (κ3) is 8.87. The fraction of sp³-hybridized carbons (Fsp3) is 0.594. The summed E-state index contributed by atoms with van der Waals surface area (Å²) in [6.07, 6.45) is 0.980. The number of carbonyl (C=O) groups excluding carboxylic acids is 1. The van der Waals surface area contributed by atoms with Crippen LogP contribution in [-0.2, 0) is 37.6 Å². The van der Waals surface area contributed by atoms with E-state index < -0.39 is 0 Å². The van der Waals surface area contributed by atoms with Gasteiger partial charge in [0.2, 0.25) is 0 Å². The topological polar surface area (TPSA) is 66.8 Å². The molecular weight excluding hydrogens is 448 g/mol. The lowest BCUT2D eigenvalue weighted by Crippen LogP contribution is -2.18. The largest absolute Gasteiger partial charge is 0.508 e.